The van der Waals surface area contributed by atoms with Gasteiger partial charge >= 0.3 is 0 Å². The van der Waals surface area contributed by atoms with Crippen LogP contribution in [0.15, 0.2) is 52.1 Å². The molecule has 8 nitrogen and oxygen atoms in total. The molecule has 1 aromatic carbocycles. The highest BCUT2D eigenvalue weighted by atomic mass is 32.2. The molecule has 0 radical (unpaired) electrons. The third kappa shape index (κ3) is 3.68. The number of rotatable bonds is 5. The van der Waals surface area contributed by atoms with Crippen molar-refractivity contribution in [2.75, 3.05) is 24.7 Å². The second kappa shape index (κ2) is 7.20. The van der Waals surface area contributed by atoms with Crippen LogP contribution in [0.3, 0.4) is 0 Å². The van der Waals surface area contributed by atoms with Gasteiger partial charge in [0.15, 0.2) is 11.6 Å². The first-order valence-corrected chi connectivity index (χ1v) is 9.20. The molecule has 0 amide bonds. The number of para-hydroxylation sites is 1. The molecule has 0 bridgehead atoms. The first-order valence-electron chi connectivity index (χ1n) is 8.21. The maximum atomic E-state index is 5.81. The van der Waals surface area contributed by atoms with E-state index in [0.717, 1.165) is 15.9 Å². The van der Waals surface area contributed by atoms with Crippen LogP contribution in [0.25, 0.3) is 22.5 Å². The Morgan fingerprint density at radius 3 is 2.63 bits per heavy atom. The Bertz CT molecular complexity index is 1080. The molecule has 0 saturated heterocycles. The minimum absolute atomic E-state index is 0.202. The molecule has 0 aliphatic rings. The Morgan fingerprint density at radius 1 is 1.00 bits per heavy atom. The maximum absolute atomic E-state index is 5.81. The van der Waals surface area contributed by atoms with Crippen molar-refractivity contribution in [3.63, 3.8) is 0 Å². The van der Waals surface area contributed by atoms with E-state index in [1.807, 2.05) is 50.5 Å². The average Bonchev–Trinajstić information content (AvgIpc) is 3.20. The third-order valence-corrected chi connectivity index (χ3v) is 4.72. The minimum atomic E-state index is 0.202. The van der Waals surface area contributed by atoms with E-state index >= 15 is 0 Å². The molecule has 3 heterocycles. The summed E-state index contributed by atoms with van der Waals surface area (Å²) in [5, 5.41) is 1.80. The van der Waals surface area contributed by atoms with Gasteiger partial charge in [-0.25, -0.2) is 9.97 Å². The van der Waals surface area contributed by atoms with Crippen LogP contribution in [0.1, 0.15) is 5.82 Å². The molecular weight excluding hydrogens is 362 g/mol. The van der Waals surface area contributed by atoms with Crippen LogP contribution in [0, 0.1) is 0 Å². The number of fused-ring (bicyclic) bond motifs is 1. The number of thioether (sulfide) groups is 1. The zero-order valence-electron chi connectivity index (χ0n) is 14.8. The minimum Gasteiger partial charge on any atom is -0.461 e. The first kappa shape index (κ1) is 17.2. The summed E-state index contributed by atoms with van der Waals surface area (Å²) in [4.78, 5) is 23.9. The largest absolute Gasteiger partial charge is 0.461 e. The van der Waals surface area contributed by atoms with Gasteiger partial charge in [-0.15, -0.1) is 0 Å². The van der Waals surface area contributed by atoms with Gasteiger partial charge in [0.25, 0.3) is 0 Å². The lowest BCUT2D eigenvalue weighted by Gasteiger charge is -2.11. The lowest BCUT2D eigenvalue weighted by atomic mass is 10.2. The molecule has 0 atom stereocenters. The number of aromatic nitrogens is 5. The number of hydrogen-bond acceptors (Lipinski definition) is 9. The molecule has 0 aliphatic carbocycles. The molecule has 0 unspecified atom stereocenters. The summed E-state index contributed by atoms with van der Waals surface area (Å²) in [6, 6.07) is 11.5. The highest BCUT2D eigenvalue weighted by Gasteiger charge is 2.13. The third-order valence-electron chi connectivity index (χ3n) is 3.74. The van der Waals surface area contributed by atoms with E-state index in [0.29, 0.717) is 29.1 Å². The zero-order valence-corrected chi connectivity index (χ0v) is 15.6. The van der Waals surface area contributed by atoms with Gasteiger partial charge in [-0.2, -0.15) is 15.0 Å². The van der Waals surface area contributed by atoms with E-state index in [1.165, 1.54) is 11.8 Å². The Labute approximate surface area is 159 Å². The number of hydrogen-bond donors (Lipinski definition) is 1. The van der Waals surface area contributed by atoms with Gasteiger partial charge in [0.1, 0.15) is 10.9 Å². The molecule has 4 rings (SSSR count). The van der Waals surface area contributed by atoms with Gasteiger partial charge in [0.05, 0.1) is 17.5 Å². The number of nitrogen functional groups attached to an aromatic ring is 1. The van der Waals surface area contributed by atoms with E-state index in [4.69, 9.17) is 10.2 Å². The number of benzene rings is 1. The standard InChI is InChI=1S/C18H17N7OS/c1-25(2)18-22-14(21-17(19)24-18)10-27-16-11-6-3-4-7-12(11)20-15(23-16)13-8-5-9-26-13/h3-9H,10H2,1-2H3,(H2,19,21,22,24). The van der Waals surface area contributed by atoms with Crippen LogP contribution >= 0.6 is 11.8 Å². The fraction of sp³-hybridized carbons (Fsp3) is 0.167. The molecule has 0 fully saturated rings. The highest BCUT2D eigenvalue weighted by Crippen LogP contribution is 2.30. The second-order valence-corrected chi connectivity index (χ2v) is 6.90. The summed E-state index contributed by atoms with van der Waals surface area (Å²) in [5.41, 5.74) is 6.66. The molecular formula is C18H17N7OS. The van der Waals surface area contributed by atoms with Gasteiger partial charge in [0.2, 0.25) is 11.9 Å². The van der Waals surface area contributed by atoms with Gasteiger partial charge in [0, 0.05) is 19.5 Å². The summed E-state index contributed by atoms with van der Waals surface area (Å²) in [7, 11) is 3.72. The fourth-order valence-electron chi connectivity index (χ4n) is 2.50. The lowest BCUT2D eigenvalue weighted by Crippen LogP contribution is -2.15. The SMILES string of the molecule is CN(C)c1nc(N)nc(CSc2nc(-c3ccco3)nc3ccccc23)n1. The monoisotopic (exact) mass is 379 g/mol. The first-order chi connectivity index (χ1) is 13.1. The predicted octanol–water partition coefficient (Wildman–Crippen LogP) is 3.02. The van der Waals surface area contributed by atoms with E-state index in [-0.39, 0.29) is 5.95 Å². The van der Waals surface area contributed by atoms with Gasteiger partial charge in [-0.1, -0.05) is 30.0 Å². The van der Waals surface area contributed by atoms with Crippen molar-refractivity contribution >= 4 is 34.6 Å². The number of furan rings is 1. The van der Waals surface area contributed by atoms with Crippen molar-refractivity contribution < 1.29 is 4.42 Å². The second-order valence-electron chi connectivity index (χ2n) is 5.94. The molecule has 4 aromatic rings. The predicted molar refractivity (Wildman–Crippen MR) is 105 cm³/mol. The van der Waals surface area contributed by atoms with E-state index < -0.39 is 0 Å². The summed E-state index contributed by atoms with van der Waals surface area (Å²) in [5.74, 6) is 3.01. The molecule has 0 saturated carbocycles. The van der Waals surface area contributed by atoms with Crippen LogP contribution < -0.4 is 10.6 Å². The van der Waals surface area contributed by atoms with Crippen molar-refractivity contribution in [3.8, 4) is 11.6 Å². The number of nitrogens with two attached hydrogens (primary N) is 1. The summed E-state index contributed by atoms with van der Waals surface area (Å²) in [6.45, 7) is 0. The summed E-state index contributed by atoms with van der Waals surface area (Å²) in [6.07, 6.45) is 1.61. The Hall–Kier alpha value is -3.20. The van der Waals surface area contributed by atoms with Crippen LogP contribution in [-0.2, 0) is 5.75 Å². The number of anilines is 2. The molecule has 0 aliphatic heterocycles. The van der Waals surface area contributed by atoms with Crippen molar-refractivity contribution in [2.24, 2.45) is 0 Å². The van der Waals surface area contributed by atoms with Crippen molar-refractivity contribution in [3.05, 3.63) is 48.5 Å². The van der Waals surface area contributed by atoms with Crippen LogP contribution in [0.5, 0.6) is 0 Å². The van der Waals surface area contributed by atoms with Crippen LogP contribution in [0.2, 0.25) is 0 Å². The van der Waals surface area contributed by atoms with E-state index in [1.54, 1.807) is 11.2 Å². The molecule has 0 spiro atoms. The van der Waals surface area contributed by atoms with Gasteiger partial charge in [-0.3, -0.25) is 0 Å². The molecule has 27 heavy (non-hydrogen) atoms. The number of nitrogens with zero attached hydrogens (tertiary/aromatic N) is 6. The van der Waals surface area contributed by atoms with Gasteiger partial charge in [-0.05, 0) is 18.2 Å². The Balaban J connectivity index is 1.69. The fourth-order valence-corrected chi connectivity index (χ4v) is 3.37. The quantitative estimate of drug-likeness (QED) is 0.413. The molecule has 9 heteroatoms. The highest BCUT2D eigenvalue weighted by molar-refractivity contribution is 7.98. The zero-order chi connectivity index (χ0) is 18.8. The van der Waals surface area contributed by atoms with Crippen LogP contribution in [0.4, 0.5) is 11.9 Å². The smallest absolute Gasteiger partial charge is 0.229 e. The molecule has 3 aromatic heterocycles. The lowest BCUT2D eigenvalue weighted by molar-refractivity contribution is 0.577. The molecule has 136 valence electrons. The Kier molecular flexibility index (Phi) is 4.59. The molecule has 2 N–H and O–H groups in total. The van der Waals surface area contributed by atoms with Crippen LogP contribution in [-0.4, -0.2) is 39.0 Å². The van der Waals surface area contributed by atoms with Gasteiger partial charge < -0.3 is 15.1 Å². The van der Waals surface area contributed by atoms with Crippen molar-refractivity contribution in [1.82, 2.24) is 24.9 Å². The summed E-state index contributed by atoms with van der Waals surface area (Å²) < 4.78 is 5.45. The summed E-state index contributed by atoms with van der Waals surface area (Å²) >= 11 is 1.52. The maximum Gasteiger partial charge on any atom is 0.229 e. The normalized spacial score (nSPS) is 11.0. The van der Waals surface area contributed by atoms with Crippen molar-refractivity contribution in [2.45, 2.75) is 10.8 Å². The average molecular weight is 379 g/mol. The Morgan fingerprint density at radius 2 is 1.85 bits per heavy atom. The van der Waals surface area contributed by atoms with E-state index in [2.05, 4.69) is 24.9 Å². The van der Waals surface area contributed by atoms with Crippen molar-refractivity contribution in [1.29, 1.82) is 0 Å². The topological polar surface area (TPSA) is 107 Å². The van der Waals surface area contributed by atoms with E-state index in [9.17, 15) is 0 Å².